The van der Waals surface area contributed by atoms with Gasteiger partial charge in [0, 0.05) is 38.6 Å². The summed E-state index contributed by atoms with van der Waals surface area (Å²) in [5.41, 5.74) is 28.6. The van der Waals surface area contributed by atoms with E-state index in [1.165, 1.54) is 43.3 Å². The molecular formula is C82H127N21O29. The molecule has 0 saturated carbocycles. The number of primary amides is 1. The molecule has 132 heavy (non-hydrogen) atoms. The molecule has 0 aliphatic heterocycles. The predicted octanol–water partition coefficient (Wildman–Crippen LogP) is -7.19. The highest BCUT2D eigenvalue weighted by Gasteiger charge is 2.41. The zero-order chi connectivity index (χ0) is 99.8. The number of carbonyl (C=O) groups excluding carboxylic acids is 15. The SMILES string of the molecule is CC[C@H](C)[C@H](NC(=O)[C@H](CCC(=O)O)NC(=O)[C@@H](NC(=O)[C@H](CCCCN)NC(=O)[C@H](CC(C)C)NC(=O)[C@H](CC(=O)O)NC(=O)[C@@H](N)CCC(N)=O)[C@@H](C)O)C(=O)N[C@@H](CCCNC(=N)N)C(=O)N[C@@H](Cc1ccc(O)cc1)C(=O)N[C@@H](CC(=O)O)C(=O)N[C@@H](Cc1ccccc1)C(=O)N[C@@H](CCCCN)C(=O)N[C@@H](C)C(=O)N[C@@H](CC(=O)O)C(=O)N[C@@H](CCC(=O)O)C(=O)O. The van der Waals surface area contributed by atoms with E-state index < -0.39 is 297 Å². The molecule has 0 heterocycles. The van der Waals surface area contributed by atoms with Gasteiger partial charge in [-0.2, -0.15) is 0 Å². The van der Waals surface area contributed by atoms with Gasteiger partial charge in [-0.3, -0.25) is 101 Å². The van der Waals surface area contributed by atoms with Gasteiger partial charge in [-0.25, -0.2) is 4.79 Å². The number of phenols is 1. The van der Waals surface area contributed by atoms with E-state index in [2.05, 4.69) is 74.4 Å². The van der Waals surface area contributed by atoms with E-state index in [1.807, 2.05) is 5.32 Å². The first-order chi connectivity index (χ1) is 62.0. The van der Waals surface area contributed by atoms with E-state index in [0.29, 0.717) is 5.56 Å². The summed E-state index contributed by atoms with van der Waals surface area (Å²) in [6.07, 6.45) is -10.0. The summed E-state index contributed by atoms with van der Waals surface area (Å²) >= 11 is 0. The number of aliphatic hydroxyl groups excluding tert-OH is 1. The zero-order valence-corrected chi connectivity index (χ0v) is 74.1. The monoisotopic (exact) mass is 1870 g/mol. The molecule has 734 valence electrons. The largest absolute Gasteiger partial charge is 0.508 e. The number of nitrogens with two attached hydrogens (primary N) is 5. The van der Waals surface area contributed by atoms with Gasteiger partial charge >= 0.3 is 35.8 Å². The maximum Gasteiger partial charge on any atom is 0.326 e. The normalized spacial score (nSPS) is 14.9. The van der Waals surface area contributed by atoms with Crippen LogP contribution in [0.5, 0.6) is 5.75 Å². The summed E-state index contributed by atoms with van der Waals surface area (Å²) in [5.74, 6) is -29.2. The van der Waals surface area contributed by atoms with E-state index in [-0.39, 0.29) is 108 Å². The van der Waals surface area contributed by atoms with Crippen molar-refractivity contribution in [2.45, 2.75) is 273 Å². The Bertz CT molecular complexity index is 4300. The van der Waals surface area contributed by atoms with Crippen LogP contribution in [0.4, 0.5) is 0 Å². The minimum Gasteiger partial charge on any atom is -0.508 e. The number of unbranched alkanes of at least 4 members (excludes halogenated alkanes) is 2. The van der Waals surface area contributed by atoms with Crippen molar-refractivity contribution in [3.05, 3.63) is 65.7 Å². The van der Waals surface area contributed by atoms with Crippen molar-refractivity contribution in [3.8, 4) is 5.75 Å². The number of hydrogen-bond acceptors (Lipinski definition) is 27. The third-order valence-electron chi connectivity index (χ3n) is 20.3. The molecule has 17 atom stereocenters. The molecule has 0 spiro atoms. The van der Waals surface area contributed by atoms with Crippen molar-refractivity contribution >= 4 is 130 Å². The third kappa shape index (κ3) is 44.5. The van der Waals surface area contributed by atoms with Crippen LogP contribution in [0.25, 0.3) is 0 Å². The standard InChI is InChI=1S/C82H127N21O29/c1-7-41(4)65(102-72(122)51(26-29-60(107)108)94-80(130)66(43(6)104)103-71(121)49(19-12-14-32-84)92-73(123)53(34-40(2)3)98-77(127)57(38-63(113)114)97-68(118)47(85)25-28-59(86)106)79(129)93-50(20-15-33-89-82(87)88)70(120)99-55(36-45-21-23-46(105)24-22-45)75(125)101-58(39-64(115)116)78(128)100-54(35-44-16-9-8-10-17-44)74(124)91-48(18-11-13-31-83)69(119)90-42(5)67(117)96-56(37-62(111)112)76(126)95-52(81(131)132)27-30-61(109)110/h8-10,16-17,21-24,40-43,47-58,65-66,104-105H,7,11-15,18-20,25-39,83-85H2,1-6H3,(H2,86,106)(H,90,119)(H,91,124)(H,92,123)(H,93,129)(H,94,130)(H,95,126)(H,96,117)(H,97,118)(H,98,127)(H,99,120)(H,100,128)(H,101,125)(H,102,122)(H,103,121)(H,107,108)(H,109,110)(H,111,112)(H,113,114)(H,115,116)(H,131,132)(H4,87,88,89)/t41-,42-,43+,47-,48-,49-,50-,51-,52-,53-,54-,55-,56-,57-,58-,65-,66-/m0/s1. The molecule has 0 bridgehead atoms. The number of aromatic hydroxyl groups is 1. The van der Waals surface area contributed by atoms with E-state index in [0.717, 1.165) is 13.8 Å². The molecule has 34 N–H and O–H groups in total. The molecule has 15 amide bonds. The number of carbonyl (C=O) groups is 21. The minimum atomic E-state index is -2.15. The number of amides is 15. The molecule has 50 nitrogen and oxygen atoms in total. The van der Waals surface area contributed by atoms with Crippen molar-refractivity contribution in [1.82, 2.24) is 79.8 Å². The average molecular weight is 1870 g/mol. The topological polar surface area (TPSA) is 855 Å². The lowest BCUT2D eigenvalue weighted by Crippen LogP contribution is -2.62. The highest BCUT2D eigenvalue weighted by atomic mass is 16.4. The first kappa shape index (κ1) is 114. The molecule has 50 heteroatoms. The number of benzene rings is 2. The summed E-state index contributed by atoms with van der Waals surface area (Å²) in [7, 11) is 0. The van der Waals surface area contributed by atoms with Gasteiger partial charge in [0.2, 0.25) is 88.6 Å². The number of aliphatic carboxylic acids is 6. The van der Waals surface area contributed by atoms with E-state index >= 15 is 4.79 Å². The summed E-state index contributed by atoms with van der Waals surface area (Å²) in [5, 5.41) is 123. The zero-order valence-electron chi connectivity index (χ0n) is 74.1. The molecule has 0 saturated heterocycles. The number of carboxylic acid groups (broad SMARTS) is 6. The second-order valence-corrected chi connectivity index (χ2v) is 31.9. The van der Waals surface area contributed by atoms with Crippen LogP contribution in [0.1, 0.15) is 175 Å². The van der Waals surface area contributed by atoms with Crippen molar-refractivity contribution in [2.75, 3.05) is 19.6 Å². The van der Waals surface area contributed by atoms with Gasteiger partial charge in [-0.15, -0.1) is 0 Å². The van der Waals surface area contributed by atoms with Crippen molar-refractivity contribution < 1.29 is 142 Å². The van der Waals surface area contributed by atoms with Crippen LogP contribution < -0.4 is 108 Å². The van der Waals surface area contributed by atoms with Crippen LogP contribution in [0.2, 0.25) is 0 Å². The van der Waals surface area contributed by atoms with Gasteiger partial charge in [-0.05, 0) is 139 Å². The Morgan fingerprint density at radius 3 is 1.13 bits per heavy atom. The highest BCUT2D eigenvalue weighted by Crippen LogP contribution is 2.18. The second kappa shape index (κ2) is 59.4. The lowest BCUT2D eigenvalue weighted by atomic mass is 9.96. The smallest absolute Gasteiger partial charge is 0.326 e. The Morgan fingerprint density at radius 1 is 0.364 bits per heavy atom. The van der Waals surface area contributed by atoms with Gasteiger partial charge in [0.05, 0.1) is 31.4 Å². The molecule has 0 fully saturated rings. The fourth-order valence-corrected chi connectivity index (χ4v) is 12.8. The van der Waals surface area contributed by atoms with Gasteiger partial charge < -0.3 is 149 Å². The molecule has 0 aliphatic carbocycles. The minimum absolute atomic E-state index is 0.0633. The molecular weight excluding hydrogens is 1740 g/mol. The number of nitrogens with one attached hydrogen (secondary N) is 16. The number of aliphatic hydroxyl groups is 1. The number of guanidine groups is 1. The van der Waals surface area contributed by atoms with E-state index in [4.69, 9.17) is 39.2 Å². The summed E-state index contributed by atoms with van der Waals surface area (Å²) in [4.78, 5) is 283. The number of carboxylic acids is 6. The number of hydrogen-bond donors (Lipinski definition) is 29. The summed E-state index contributed by atoms with van der Waals surface area (Å²) in [6.45, 7) is 8.49. The number of phenolic OH excluding ortho intramolecular Hbond substituents is 1. The molecule has 0 radical (unpaired) electrons. The van der Waals surface area contributed by atoms with Crippen LogP contribution in [0, 0.1) is 17.2 Å². The van der Waals surface area contributed by atoms with Crippen molar-refractivity contribution in [2.24, 2.45) is 40.5 Å². The Labute approximate surface area is 758 Å². The molecule has 0 aromatic heterocycles. The average Bonchev–Trinajstić information content (AvgIpc) is 0.839. The van der Waals surface area contributed by atoms with Gasteiger partial charge in [0.1, 0.15) is 90.3 Å². The van der Waals surface area contributed by atoms with Gasteiger partial charge in [0.25, 0.3) is 0 Å². The Hall–Kier alpha value is -13.8. The van der Waals surface area contributed by atoms with Crippen LogP contribution in [0.15, 0.2) is 54.6 Å². The van der Waals surface area contributed by atoms with Crippen LogP contribution >= 0.6 is 0 Å². The molecule has 0 aliphatic rings. The Balaban J connectivity index is 2.70. The first-order valence-electron chi connectivity index (χ1n) is 42.6. The maximum atomic E-state index is 15.0. The van der Waals surface area contributed by atoms with Gasteiger partial charge in [-0.1, -0.05) is 76.6 Å². The van der Waals surface area contributed by atoms with Crippen molar-refractivity contribution in [1.29, 1.82) is 5.41 Å². The van der Waals surface area contributed by atoms with Crippen LogP contribution in [-0.2, 0) is 114 Å². The molecule has 2 aromatic carbocycles. The predicted molar refractivity (Wildman–Crippen MR) is 465 cm³/mol. The summed E-state index contributed by atoms with van der Waals surface area (Å²) in [6, 6.07) is -14.0. The maximum absolute atomic E-state index is 15.0. The molecule has 0 unspecified atom stereocenters. The van der Waals surface area contributed by atoms with Crippen LogP contribution in [0.3, 0.4) is 0 Å². The van der Waals surface area contributed by atoms with E-state index in [1.54, 1.807) is 39.0 Å². The fourth-order valence-electron chi connectivity index (χ4n) is 12.8. The van der Waals surface area contributed by atoms with E-state index in [9.17, 15) is 132 Å². The molecule has 2 aromatic rings. The quantitative estimate of drug-likeness (QED) is 0.0166. The van der Waals surface area contributed by atoms with Crippen molar-refractivity contribution in [3.63, 3.8) is 0 Å². The molecule has 2 rings (SSSR count). The first-order valence-corrected chi connectivity index (χ1v) is 42.6. The summed E-state index contributed by atoms with van der Waals surface area (Å²) < 4.78 is 0. The lowest BCUT2D eigenvalue weighted by molar-refractivity contribution is -0.144. The second-order valence-electron chi connectivity index (χ2n) is 31.9. The highest BCUT2D eigenvalue weighted by molar-refractivity contribution is 6.02. The Morgan fingerprint density at radius 2 is 0.712 bits per heavy atom. The fraction of sp³-hybridized carbons (Fsp3) is 0.585. The third-order valence-corrected chi connectivity index (χ3v) is 20.3. The lowest BCUT2D eigenvalue weighted by Gasteiger charge is -2.30. The van der Waals surface area contributed by atoms with Gasteiger partial charge in [0.15, 0.2) is 5.96 Å². The Kier molecular flexibility index (Phi) is 51.5. The number of rotatable bonds is 65. The van der Waals surface area contributed by atoms with Crippen LogP contribution in [-0.4, -0.2) is 288 Å².